The molecule has 2 aromatic carbocycles. The molecule has 0 amide bonds. The molecule has 0 aliphatic rings. The number of hydrogen-bond acceptors (Lipinski definition) is 5. The average molecular weight is 493 g/mol. The maximum Gasteiger partial charge on any atom is 0.263 e. The van der Waals surface area contributed by atoms with E-state index < -0.39 is 0 Å². The zero-order valence-electron chi connectivity index (χ0n) is 19.3. The number of rotatable bonds is 7. The predicted molar refractivity (Wildman–Crippen MR) is 140 cm³/mol. The summed E-state index contributed by atoms with van der Waals surface area (Å²) in [5, 5.41) is 2.83. The van der Waals surface area contributed by atoms with Crippen molar-refractivity contribution in [3.05, 3.63) is 93.9 Å². The summed E-state index contributed by atoms with van der Waals surface area (Å²) < 4.78 is 14.9. The number of aromatic nitrogens is 2. The molecule has 0 spiro atoms. The standard InChI is InChI=1S/C27H25FN2O2S2/c1-5-14-30-25(32)23-21(17-8-12-20(28)13-9-17)15-33-24(23)29-26(30)34-16-22(31)18-6-10-19(11-7-18)27(2,3)4/h5-13,15H,1,14,16H2,2-4H3. The molecule has 4 aromatic rings. The van der Waals surface area contributed by atoms with Gasteiger partial charge in [-0.3, -0.25) is 14.2 Å². The molecule has 0 aliphatic carbocycles. The van der Waals surface area contributed by atoms with Crippen LogP contribution in [0.3, 0.4) is 0 Å². The SMILES string of the molecule is C=CCn1c(SCC(=O)c2ccc(C(C)(C)C)cc2)nc2scc(-c3ccc(F)cc3)c2c1=O. The van der Waals surface area contributed by atoms with Crippen LogP contribution in [0.4, 0.5) is 4.39 Å². The van der Waals surface area contributed by atoms with Crippen LogP contribution in [0.2, 0.25) is 0 Å². The summed E-state index contributed by atoms with van der Waals surface area (Å²) in [6, 6.07) is 13.7. The first-order chi connectivity index (χ1) is 16.2. The summed E-state index contributed by atoms with van der Waals surface area (Å²) in [6.45, 7) is 10.4. The molecule has 0 saturated heterocycles. The Balaban J connectivity index is 1.64. The second-order valence-corrected chi connectivity index (χ2v) is 10.8. The number of ketones is 1. The monoisotopic (exact) mass is 492 g/mol. The summed E-state index contributed by atoms with van der Waals surface area (Å²) in [7, 11) is 0. The van der Waals surface area contributed by atoms with Crippen LogP contribution in [-0.4, -0.2) is 21.1 Å². The first-order valence-corrected chi connectivity index (χ1v) is 12.7. The number of allylic oxidation sites excluding steroid dienone is 1. The lowest BCUT2D eigenvalue weighted by molar-refractivity contribution is 0.102. The summed E-state index contributed by atoms with van der Waals surface area (Å²) >= 11 is 2.61. The van der Waals surface area contributed by atoms with E-state index in [9.17, 15) is 14.0 Å². The fourth-order valence-corrected chi connectivity index (χ4v) is 5.51. The van der Waals surface area contributed by atoms with Crippen molar-refractivity contribution in [3.63, 3.8) is 0 Å². The van der Waals surface area contributed by atoms with Gasteiger partial charge in [-0.1, -0.05) is 75.0 Å². The number of halogens is 1. The molecule has 174 valence electrons. The largest absolute Gasteiger partial charge is 0.293 e. The average Bonchev–Trinajstić information content (AvgIpc) is 3.24. The van der Waals surface area contributed by atoms with Gasteiger partial charge in [0.1, 0.15) is 10.6 Å². The van der Waals surface area contributed by atoms with Gasteiger partial charge < -0.3 is 0 Å². The number of nitrogens with zero attached hydrogens (tertiary/aromatic N) is 2. The summed E-state index contributed by atoms with van der Waals surface area (Å²) in [5.74, 6) is -0.190. The van der Waals surface area contributed by atoms with Gasteiger partial charge in [0.25, 0.3) is 5.56 Å². The van der Waals surface area contributed by atoms with Gasteiger partial charge in [-0.15, -0.1) is 17.9 Å². The minimum absolute atomic E-state index is 0.0177. The fourth-order valence-electron chi connectivity index (χ4n) is 3.62. The minimum atomic E-state index is -0.332. The Hall–Kier alpha value is -3.03. The molecule has 34 heavy (non-hydrogen) atoms. The van der Waals surface area contributed by atoms with E-state index in [-0.39, 0.29) is 34.9 Å². The molecule has 0 N–H and O–H groups in total. The second kappa shape index (κ2) is 9.68. The van der Waals surface area contributed by atoms with E-state index >= 15 is 0 Å². The van der Waals surface area contributed by atoms with Gasteiger partial charge in [0.05, 0.1) is 11.1 Å². The molecule has 0 bridgehead atoms. The lowest BCUT2D eigenvalue weighted by Gasteiger charge is -2.19. The maximum atomic E-state index is 13.4. The third kappa shape index (κ3) is 4.91. The number of thiophene rings is 1. The van der Waals surface area contributed by atoms with Crippen LogP contribution in [0.1, 0.15) is 36.7 Å². The Morgan fingerprint density at radius 2 is 1.82 bits per heavy atom. The first-order valence-electron chi connectivity index (χ1n) is 10.8. The number of thioether (sulfide) groups is 1. The number of carbonyl (C=O) groups is 1. The van der Waals surface area contributed by atoms with Crippen molar-refractivity contribution in [3.8, 4) is 11.1 Å². The van der Waals surface area contributed by atoms with Crippen LogP contribution >= 0.6 is 23.1 Å². The minimum Gasteiger partial charge on any atom is -0.293 e. The molecule has 0 unspecified atom stereocenters. The van der Waals surface area contributed by atoms with Crippen LogP contribution in [0, 0.1) is 5.82 Å². The van der Waals surface area contributed by atoms with Crippen molar-refractivity contribution in [2.24, 2.45) is 0 Å². The molecule has 0 atom stereocenters. The van der Waals surface area contributed by atoms with Gasteiger partial charge in [-0.2, -0.15) is 0 Å². The van der Waals surface area contributed by atoms with Crippen LogP contribution in [-0.2, 0) is 12.0 Å². The lowest BCUT2D eigenvalue weighted by Crippen LogP contribution is -2.23. The van der Waals surface area contributed by atoms with Crippen molar-refractivity contribution in [2.45, 2.75) is 37.9 Å². The Labute approximate surface area is 206 Å². The number of benzene rings is 2. The molecular weight excluding hydrogens is 467 g/mol. The van der Waals surface area contributed by atoms with Gasteiger partial charge in [0, 0.05) is 23.1 Å². The van der Waals surface area contributed by atoms with E-state index in [0.717, 1.165) is 11.1 Å². The number of hydrogen-bond donors (Lipinski definition) is 0. The van der Waals surface area contributed by atoms with Crippen molar-refractivity contribution in [2.75, 3.05) is 5.75 Å². The highest BCUT2D eigenvalue weighted by atomic mass is 32.2. The molecule has 0 fully saturated rings. The van der Waals surface area contributed by atoms with Crippen LogP contribution < -0.4 is 5.56 Å². The van der Waals surface area contributed by atoms with Crippen molar-refractivity contribution in [1.82, 2.24) is 9.55 Å². The molecular formula is C27H25FN2O2S2. The van der Waals surface area contributed by atoms with Gasteiger partial charge in [-0.25, -0.2) is 9.37 Å². The van der Waals surface area contributed by atoms with Gasteiger partial charge in [-0.05, 0) is 28.7 Å². The highest BCUT2D eigenvalue weighted by molar-refractivity contribution is 7.99. The van der Waals surface area contributed by atoms with E-state index in [4.69, 9.17) is 4.98 Å². The first kappa shape index (κ1) is 24.1. The fraction of sp³-hybridized carbons (Fsp3) is 0.222. The predicted octanol–water partition coefficient (Wildman–Crippen LogP) is 6.72. The number of Topliss-reactive ketones (excluding diaryl/α,β-unsaturated/α-hetero) is 1. The molecule has 0 saturated carbocycles. The normalized spacial score (nSPS) is 11.6. The van der Waals surface area contributed by atoms with Crippen molar-refractivity contribution < 1.29 is 9.18 Å². The topological polar surface area (TPSA) is 52.0 Å². The van der Waals surface area contributed by atoms with E-state index in [1.807, 2.05) is 29.6 Å². The smallest absolute Gasteiger partial charge is 0.263 e. The van der Waals surface area contributed by atoms with Gasteiger partial charge >= 0.3 is 0 Å². The third-order valence-corrected chi connectivity index (χ3v) is 7.38. The van der Waals surface area contributed by atoms with Crippen molar-refractivity contribution in [1.29, 1.82) is 0 Å². The van der Waals surface area contributed by atoms with Crippen LogP contribution in [0.15, 0.2) is 76.5 Å². The summed E-state index contributed by atoms with van der Waals surface area (Å²) in [6.07, 6.45) is 1.63. The van der Waals surface area contributed by atoms with Crippen molar-refractivity contribution >= 4 is 39.1 Å². The Morgan fingerprint density at radius 3 is 2.44 bits per heavy atom. The third-order valence-electron chi connectivity index (χ3n) is 5.53. The number of carbonyl (C=O) groups excluding carboxylic acids is 1. The Morgan fingerprint density at radius 1 is 1.15 bits per heavy atom. The molecule has 4 nitrogen and oxygen atoms in total. The zero-order chi connectivity index (χ0) is 24.5. The quantitative estimate of drug-likeness (QED) is 0.124. The number of fused-ring (bicyclic) bond motifs is 1. The molecule has 2 aromatic heterocycles. The molecule has 0 aliphatic heterocycles. The lowest BCUT2D eigenvalue weighted by atomic mass is 9.86. The van der Waals surface area contributed by atoms with E-state index in [1.165, 1.54) is 45.4 Å². The molecule has 0 radical (unpaired) electrons. The molecule has 7 heteroatoms. The Bertz CT molecular complexity index is 1410. The van der Waals surface area contributed by atoms with E-state index in [1.54, 1.807) is 18.2 Å². The van der Waals surface area contributed by atoms with Gasteiger partial charge in [0.2, 0.25) is 0 Å². The van der Waals surface area contributed by atoms with Gasteiger partial charge in [0.15, 0.2) is 10.9 Å². The Kier molecular flexibility index (Phi) is 6.86. The molecule has 4 rings (SSSR count). The highest BCUT2D eigenvalue weighted by Gasteiger charge is 2.19. The second-order valence-electron chi connectivity index (χ2n) is 8.97. The van der Waals surface area contributed by atoms with Crippen LogP contribution in [0.5, 0.6) is 0 Å². The highest BCUT2D eigenvalue weighted by Crippen LogP contribution is 2.32. The van der Waals surface area contributed by atoms with Crippen LogP contribution in [0.25, 0.3) is 21.3 Å². The zero-order valence-corrected chi connectivity index (χ0v) is 20.9. The van der Waals surface area contributed by atoms with E-state index in [0.29, 0.717) is 20.9 Å². The summed E-state index contributed by atoms with van der Waals surface area (Å²) in [5.41, 5.74) is 3.10. The summed E-state index contributed by atoms with van der Waals surface area (Å²) in [4.78, 5) is 31.5. The van der Waals surface area contributed by atoms with E-state index in [2.05, 4.69) is 27.4 Å². The molecule has 2 heterocycles. The maximum absolute atomic E-state index is 13.4.